The molecule has 0 aromatic carbocycles. The second kappa shape index (κ2) is 3.32. The molecule has 1 fully saturated rings. The molecule has 1 atom stereocenters. The third-order valence-electron chi connectivity index (χ3n) is 2.61. The fourth-order valence-electron chi connectivity index (χ4n) is 1.47. The molecule has 0 aliphatic heterocycles. The minimum absolute atomic E-state index is 0.292. The summed E-state index contributed by atoms with van der Waals surface area (Å²) in [5, 5.41) is 0.783. The molecule has 1 saturated carbocycles. The van der Waals surface area contributed by atoms with Crippen molar-refractivity contribution >= 4 is 39.1 Å². The molecule has 1 aromatic rings. The lowest BCUT2D eigenvalue weighted by molar-refractivity contribution is 0.608. The Balaban J connectivity index is 2.38. The molecule has 0 amide bonds. The number of nitrogens with zero attached hydrogens (tertiary/aromatic N) is 2. The summed E-state index contributed by atoms with van der Waals surface area (Å²) in [5.41, 5.74) is 0.292. The number of aromatic nitrogens is 2. The van der Waals surface area contributed by atoms with Crippen molar-refractivity contribution in [3.8, 4) is 0 Å². The molecule has 0 bridgehead atoms. The van der Waals surface area contributed by atoms with E-state index in [4.69, 9.17) is 23.2 Å². The van der Waals surface area contributed by atoms with E-state index in [1.165, 1.54) is 0 Å². The largest absolute Gasteiger partial charge is 0.220 e. The lowest BCUT2D eigenvalue weighted by Gasteiger charge is -2.04. The quantitative estimate of drug-likeness (QED) is 0.730. The Bertz CT molecular complexity index is 369. The van der Waals surface area contributed by atoms with Gasteiger partial charge in [-0.25, -0.2) is 9.97 Å². The van der Waals surface area contributed by atoms with Crippen LogP contribution >= 0.6 is 39.1 Å². The van der Waals surface area contributed by atoms with Gasteiger partial charge in [0.1, 0.15) is 16.1 Å². The molecule has 5 heteroatoms. The van der Waals surface area contributed by atoms with Crippen molar-refractivity contribution in [1.82, 2.24) is 9.97 Å². The van der Waals surface area contributed by atoms with E-state index in [1.54, 1.807) is 0 Å². The minimum atomic E-state index is 0.292. The van der Waals surface area contributed by atoms with Crippen molar-refractivity contribution in [1.29, 1.82) is 0 Å². The highest BCUT2D eigenvalue weighted by Gasteiger charge is 2.48. The highest BCUT2D eigenvalue weighted by molar-refractivity contribution is 9.10. The van der Waals surface area contributed by atoms with Crippen molar-refractivity contribution in [2.24, 2.45) is 5.41 Å². The summed E-state index contributed by atoms with van der Waals surface area (Å²) in [6.45, 7) is 4.37. The first kappa shape index (κ1) is 10.7. The van der Waals surface area contributed by atoms with Crippen LogP contribution in [0.1, 0.15) is 32.0 Å². The van der Waals surface area contributed by atoms with Crippen LogP contribution in [0.25, 0.3) is 0 Å². The standard InChI is InChI=1S/C9H9BrCl2N2/c1-9(2)3-4(9)8-13-6(11)5(10)7(12)14-8/h4H,3H2,1-2H3. The van der Waals surface area contributed by atoms with Crippen LogP contribution in [0.2, 0.25) is 10.3 Å². The molecule has 1 unspecified atom stereocenters. The van der Waals surface area contributed by atoms with Crippen LogP contribution in [0.5, 0.6) is 0 Å². The van der Waals surface area contributed by atoms with Crippen LogP contribution in [-0.2, 0) is 0 Å². The summed E-state index contributed by atoms with van der Waals surface area (Å²) >= 11 is 15.0. The van der Waals surface area contributed by atoms with Crippen LogP contribution in [0, 0.1) is 5.41 Å². The van der Waals surface area contributed by atoms with Crippen LogP contribution in [0.3, 0.4) is 0 Å². The Morgan fingerprint density at radius 3 is 2.07 bits per heavy atom. The van der Waals surface area contributed by atoms with Crippen molar-refractivity contribution in [3.05, 3.63) is 20.6 Å². The summed E-state index contributed by atoms with van der Waals surface area (Å²) in [7, 11) is 0. The van der Waals surface area contributed by atoms with Crippen LogP contribution in [0.15, 0.2) is 4.47 Å². The average Bonchev–Trinajstić information content (AvgIpc) is 2.70. The zero-order chi connectivity index (χ0) is 10.5. The SMILES string of the molecule is CC1(C)CC1c1nc(Cl)c(Br)c(Cl)n1. The van der Waals surface area contributed by atoms with E-state index in [1.807, 2.05) is 0 Å². The monoisotopic (exact) mass is 294 g/mol. The third-order valence-corrected chi connectivity index (χ3v) is 4.37. The average molecular weight is 296 g/mol. The molecule has 2 rings (SSSR count). The van der Waals surface area contributed by atoms with Gasteiger partial charge in [0.15, 0.2) is 0 Å². The van der Waals surface area contributed by atoms with Crippen LogP contribution in [-0.4, -0.2) is 9.97 Å². The van der Waals surface area contributed by atoms with Gasteiger partial charge >= 0.3 is 0 Å². The Morgan fingerprint density at radius 1 is 1.29 bits per heavy atom. The molecule has 2 nitrogen and oxygen atoms in total. The molecule has 1 heterocycles. The van der Waals surface area contributed by atoms with E-state index in [0.29, 0.717) is 26.1 Å². The van der Waals surface area contributed by atoms with E-state index in [0.717, 1.165) is 12.2 Å². The van der Waals surface area contributed by atoms with E-state index >= 15 is 0 Å². The van der Waals surface area contributed by atoms with Gasteiger partial charge in [-0.05, 0) is 27.8 Å². The zero-order valence-corrected chi connectivity index (χ0v) is 10.9. The first-order valence-corrected chi connectivity index (χ1v) is 5.85. The Hall–Kier alpha value is 0.140. The summed E-state index contributed by atoms with van der Waals surface area (Å²) < 4.78 is 0.572. The molecule has 0 spiro atoms. The molecule has 1 aliphatic rings. The first-order valence-electron chi connectivity index (χ1n) is 4.30. The van der Waals surface area contributed by atoms with Gasteiger partial charge in [0.25, 0.3) is 0 Å². The van der Waals surface area contributed by atoms with Crippen LogP contribution in [0.4, 0.5) is 0 Å². The molecule has 1 aliphatic carbocycles. The maximum absolute atomic E-state index is 5.90. The van der Waals surface area contributed by atoms with Crippen LogP contribution < -0.4 is 0 Å². The smallest absolute Gasteiger partial charge is 0.148 e. The lowest BCUT2D eigenvalue weighted by Crippen LogP contribution is -1.98. The number of hydrogen-bond donors (Lipinski definition) is 0. The Kier molecular flexibility index (Phi) is 2.53. The van der Waals surface area contributed by atoms with E-state index in [2.05, 4.69) is 39.7 Å². The normalized spacial score (nSPS) is 23.6. The van der Waals surface area contributed by atoms with E-state index in [-0.39, 0.29) is 0 Å². The van der Waals surface area contributed by atoms with E-state index in [9.17, 15) is 0 Å². The third kappa shape index (κ3) is 1.77. The highest BCUT2D eigenvalue weighted by atomic mass is 79.9. The second-order valence-electron chi connectivity index (χ2n) is 4.22. The predicted octanol–water partition coefficient (Wildman–Crippen LogP) is 4.06. The molecule has 14 heavy (non-hydrogen) atoms. The maximum Gasteiger partial charge on any atom is 0.148 e. The summed E-state index contributed by atoms with van der Waals surface area (Å²) in [6, 6.07) is 0. The Morgan fingerprint density at radius 2 is 1.71 bits per heavy atom. The van der Waals surface area contributed by atoms with Crippen molar-refractivity contribution < 1.29 is 0 Å². The summed E-state index contributed by atoms with van der Waals surface area (Å²) in [5.74, 6) is 1.15. The molecule has 1 aromatic heterocycles. The van der Waals surface area contributed by atoms with E-state index < -0.39 is 0 Å². The highest BCUT2D eigenvalue weighted by Crippen LogP contribution is 2.57. The summed E-state index contributed by atoms with van der Waals surface area (Å²) in [4.78, 5) is 8.43. The van der Waals surface area contributed by atoms with Gasteiger partial charge in [0.2, 0.25) is 0 Å². The van der Waals surface area contributed by atoms with Gasteiger partial charge in [0.05, 0.1) is 4.47 Å². The summed E-state index contributed by atoms with van der Waals surface area (Å²) in [6.07, 6.45) is 1.10. The molecular formula is C9H9BrCl2N2. The fourth-order valence-corrected chi connectivity index (χ4v) is 2.05. The van der Waals surface area contributed by atoms with Crippen molar-refractivity contribution in [2.75, 3.05) is 0 Å². The fraction of sp³-hybridized carbons (Fsp3) is 0.556. The topological polar surface area (TPSA) is 25.8 Å². The molecular weight excluding hydrogens is 287 g/mol. The maximum atomic E-state index is 5.90. The predicted molar refractivity (Wildman–Crippen MR) is 60.9 cm³/mol. The molecule has 0 saturated heterocycles. The van der Waals surface area contributed by atoms with Gasteiger partial charge in [-0.15, -0.1) is 0 Å². The van der Waals surface area contributed by atoms with Gasteiger partial charge in [-0.2, -0.15) is 0 Å². The van der Waals surface area contributed by atoms with Gasteiger partial charge in [-0.1, -0.05) is 37.0 Å². The molecule has 76 valence electrons. The van der Waals surface area contributed by atoms with Crippen molar-refractivity contribution in [2.45, 2.75) is 26.2 Å². The Labute approximate surface area is 101 Å². The molecule has 0 radical (unpaired) electrons. The number of hydrogen-bond acceptors (Lipinski definition) is 2. The van der Waals surface area contributed by atoms with Gasteiger partial charge in [0, 0.05) is 5.92 Å². The minimum Gasteiger partial charge on any atom is -0.220 e. The second-order valence-corrected chi connectivity index (χ2v) is 5.73. The number of rotatable bonds is 1. The zero-order valence-electron chi connectivity index (χ0n) is 7.81. The van der Waals surface area contributed by atoms with Gasteiger partial charge < -0.3 is 0 Å². The molecule has 0 N–H and O–H groups in total. The number of halogens is 3. The first-order chi connectivity index (χ1) is 6.42. The lowest BCUT2D eigenvalue weighted by atomic mass is 10.1. The van der Waals surface area contributed by atoms with Gasteiger partial charge in [-0.3, -0.25) is 0 Å². The van der Waals surface area contributed by atoms with Crippen molar-refractivity contribution in [3.63, 3.8) is 0 Å².